The van der Waals surface area contributed by atoms with Crippen molar-refractivity contribution in [2.75, 3.05) is 17.8 Å². The Morgan fingerprint density at radius 3 is 1.71 bits per heavy atom. The number of carbonyl (C=O) groups excluding carboxylic acids is 2. The fourth-order valence-corrected chi connectivity index (χ4v) is 6.53. The minimum atomic E-state index is -3.92. The lowest BCUT2D eigenvalue weighted by Gasteiger charge is -2.27. The lowest BCUT2D eigenvalue weighted by molar-refractivity contribution is 0.0777. The van der Waals surface area contributed by atoms with Crippen LogP contribution < -0.4 is 3.71 Å². The first-order chi connectivity index (χ1) is 15.9. The maximum atomic E-state index is 13.4. The van der Waals surface area contributed by atoms with E-state index >= 15 is 0 Å². The van der Waals surface area contributed by atoms with Crippen LogP contribution in [0.2, 0.25) is 0 Å². The molecule has 0 aromatic heterocycles. The Bertz CT molecular complexity index is 1150. The number of hydrogen-bond acceptors (Lipinski definition) is 6. The molecule has 0 N–H and O–H groups in total. The molecule has 35 heavy (non-hydrogen) atoms. The molecule has 192 valence electrons. The zero-order valence-electron chi connectivity index (χ0n) is 18.1. The molecule has 0 radical (unpaired) electrons. The van der Waals surface area contributed by atoms with Crippen LogP contribution in [-0.2, 0) is 10.2 Å². The van der Waals surface area contributed by atoms with E-state index in [1.54, 1.807) is 48.5 Å². The number of nitrogens with zero attached hydrogens (tertiary/aromatic N) is 3. The molecule has 7 nitrogen and oxygen atoms in total. The van der Waals surface area contributed by atoms with E-state index in [0.29, 0.717) is 23.1 Å². The van der Waals surface area contributed by atoms with Crippen LogP contribution in [0.15, 0.2) is 48.5 Å². The number of hydrogen-bond donors (Lipinski definition) is 0. The zero-order chi connectivity index (χ0) is 26.8. The summed E-state index contributed by atoms with van der Waals surface area (Å²) in [5.41, 5.74) is 1.86. The molecule has 2 amide bonds. The highest BCUT2D eigenvalue weighted by atomic mass is 35.6. The molecule has 1 heterocycles. The van der Waals surface area contributed by atoms with Crippen molar-refractivity contribution in [3.63, 3.8) is 0 Å². The van der Waals surface area contributed by atoms with Gasteiger partial charge in [0.25, 0.3) is 14.9 Å². The Morgan fingerprint density at radius 2 is 1.34 bits per heavy atom. The highest BCUT2D eigenvalue weighted by Gasteiger charge is 2.40. The molecular formula is C19H17Cl5FN3O4S3. The molecule has 0 unspecified atom stereocenters. The molecule has 0 bridgehead atoms. The molecular weight excluding hydrogens is 627 g/mol. The first-order valence-corrected chi connectivity index (χ1v) is 14.1. The predicted octanol–water partition coefficient (Wildman–Crippen LogP) is 6.57. The van der Waals surface area contributed by atoms with Gasteiger partial charge in [-0.1, -0.05) is 87.8 Å². The molecule has 16 heteroatoms. The minimum Gasteiger partial charge on any atom is -0.268 e. The Balaban J connectivity index is 0.000000250. The van der Waals surface area contributed by atoms with E-state index < -0.39 is 29.1 Å². The standard InChI is InChI=1S/C10H13Cl2FN2O2S2.C9H4Cl3NO2S/c1-8-4-6-9(7-5-8)15(18-10(11,12)13)19(16,17)14(2)3;10-9(11,12)16-13-7(14)5-3-1-2-4-6(5)8(13)15/h4-7H,1-3H3;1-4H. The molecule has 0 fully saturated rings. The van der Waals surface area contributed by atoms with Crippen LogP contribution in [0.1, 0.15) is 26.3 Å². The monoisotopic (exact) mass is 641 g/mol. The lowest BCUT2D eigenvalue weighted by Crippen LogP contribution is -2.37. The van der Waals surface area contributed by atoms with Crippen molar-refractivity contribution in [2.45, 2.75) is 14.0 Å². The predicted molar refractivity (Wildman–Crippen MR) is 144 cm³/mol. The fraction of sp³-hybridized carbons (Fsp3) is 0.263. The Morgan fingerprint density at radius 1 is 0.886 bits per heavy atom. The van der Waals surface area contributed by atoms with Gasteiger partial charge in [0.05, 0.1) is 16.8 Å². The third-order valence-electron chi connectivity index (χ3n) is 4.05. The third-order valence-corrected chi connectivity index (χ3v) is 8.74. The topological polar surface area (TPSA) is 78.0 Å². The van der Waals surface area contributed by atoms with E-state index in [9.17, 15) is 22.4 Å². The molecule has 0 spiro atoms. The third kappa shape index (κ3) is 8.44. The smallest absolute Gasteiger partial charge is 0.268 e. The van der Waals surface area contributed by atoms with Crippen LogP contribution >= 0.6 is 81.9 Å². The Hall–Kier alpha value is -0.630. The number of benzene rings is 2. The summed E-state index contributed by atoms with van der Waals surface area (Å²) in [5, 5.41) is 0. The van der Waals surface area contributed by atoms with Crippen molar-refractivity contribution in [3.8, 4) is 0 Å². The first kappa shape index (κ1) is 30.6. The van der Waals surface area contributed by atoms with Crippen molar-refractivity contribution in [3.05, 3.63) is 65.2 Å². The molecule has 0 saturated heterocycles. The summed E-state index contributed by atoms with van der Waals surface area (Å²) >= 11 is 27.8. The number of rotatable bonds is 6. The summed E-state index contributed by atoms with van der Waals surface area (Å²) in [6.07, 6.45) is 0. The Labute approximate surface area is 236 Å². The SMILES string of the molecule is Cc1ccc(N(SC(F)(Cl)Cl)S(=O)(=O)N(C)C)cc1.O=C1c2ccccc2C(=O)N1SC(Cl)(Cl)Cl. The second kappa shape index (κ2) is 11.8. The average molecular weight is 644 g/mol. The number of aryl methyl sites for hydroxylation is 1. The summed E-state index contributed by atoms with van der Waals surface area (Å²) < 4.78 is 35.7. The van der Waals surface area contributed by atoms with Gasteiger partial charge in [0, 0.05) is 38.0 Å². The van der Waals surface area contributed by atoms with Gasteiger partial charge < -0.3 is 0 Å². The number of carbonyl (C=O) groups is 2. The second-order valence-corrected chi connectivity index (χ2v) is 16.0. The average Bonchev–Trinajstić information content (AvgIpc) is 2.96. The maximum absolute atomic E-state index is 13.4. The minimum absolute atomic E-state index is 0.164. The van der Waals surface area contributed by atoms with E-state index in [1.807, 2.05) is 6.92 Å². The van der Waals surface area contributed by atoms with Gasteiger partial charge in [-0.05, 0) is 31.2 Å². The number of imide groups is 1. The zero-order valence-corrected chi connectivity index (χ0v) is 24.3. The van der Waals surface area contributed by atoms with Gasteiger partial charge in [0.2, 0.25) is 0 Å². The van der Waals surface area contributed by atoms with Crippen molar-refractivity contribution in [1.29, 1.82) is 0 Å². The van der Waals surface area contributed by atoms with Gasteiger partial charge in [-0.15, -0.1) is 0 Å². The van der Waals surface area contributed by atoms with E-state index in [2.05, 4.69) is 0 Å². The van der Waals surface area contributed by atoms with Crippen molar-refractivity contribution < 1.29 is 22.4 Å². The van der Waals surface area contributed by atoms with E-state index in [1.165, 1.54) is 14.1 Å². The van der Waals surface area contributed by atoms with Crippen molar-refractivity contribution in [1.82, 2.24) is 8.61 Å². The number of anilines is 1. The van der Waals surface area contributed by atoms with Gasteiger partial charge in [-0.3, -0.25) is 9.59 Å². The second-order valence-electron chi connectivity index (χ2n) is 6.88. The Kier molecular flexibility index (Phi) is 10.3. The fourth-order valence-electron chi connectivity index (χ4n) is 2.50. The van der Waals surface area contributed by atoms with Crippen LogP contribution in [0.25, 0.3) is 0 Å². The molecule has 1 aliphatic rings. The number of fused-ring (bicyclic) bond motifs is 1. The largest absolute Gasteiger partial charge is 0.324 e. The van der Waals surface area contributed by atoms with E-state index in [-0.39, 0.29) is 17.6 Å². The molecule has 0 atom stereocenters. The maximum Gasteiger partial charge on any atom is 0.324 e. The summed E-state index contributed by atoms with van der Waals surface area (Å²) in [4.78, 5) is 23.6. The summed E-state index contributed by atoms with van der Waals surface area (Å²) in [6.45, 7) is 1.85. The molecule has 0 saturated carbocycles. The summed E-state index contributed by atoms with van der Waals surface area (Å²) in [7, 11) is -1.25. The van der Waals surface area contributed by atoms with Gasteiger partial charge in [-0.2, -0.15) is 20.8 Å². The molecule has 2 aromatic rings. The number of amides is 2. The van der Waals surface area contributed by atoms with Crippen molar-refractivity contribution >= 4 is 110 Å². The van der Waals surface area contributed by atoms with Crippen molar-refractivity contribution in [2.24, 2.45) is 0 Å². The van der Waals surface area contributed by atoms with E-state index in [0.717, 1.165) is 17.9 Å². The summed E-state index contributed by atoms with van der Waals surface area (Å²) in [5.74, 6) is -0.922. The molecule has 0 aliphatic carbocycles. The van der Waals surface area contributed by atoms with E-state index in [4.69, 9.17) is 58.0 Å². The summed E-state index contributed by atoms with van der Waals surface area (Å²) in [6, 6.07) is 13.0. The van der Waals surface area contributed by atoms with Gasteiger partial charge in [-0.25, -0.2) is 4.31 Å². The van der Waals surface area contributed by atoms with Crippen LogP contribution in [0.5, 0.6) is 0 Å². The molecule has 1 aliphatic heterocycles. The highest BCUT2D eigenvalue weighted by molar-refractivity contribution is 8.15. The normalized spacial score (nSPS) is 14.1. The van der Waals surface area contributed by atoms with Crippen LogP contribution in [0.4, 0.5) is 10.1 Å². The quantitative estimate of drug-likeness (QED) is 0.201. The lowest BCUT2D eigenvalue weighted by atomic mass is 10.1. The number of halogens is 6. The molecule has 3 rings (SSSR count). The molecule has 2 aromatic carbocycles. The number of alkyl halides is 6. The van der Waals surface area contributed by atoms with Gasteiger partial charge in [0.15, 0.2) is 0 Å². The van der Waals surface area contributed by atoms with Gasteiger partial charge >= 0.3 is 14.1 Å². The van der Waals surface area contributed by atoms with Gasteiger partial charge in [0.1, 0.15) is 0 Å². The highest BCUT2D eigenvalue weighted by Crippen LogP contribution is 2.44. The van der Waals surface area contributed by atoms with Crippen LogP contribution in [0.3, 0.4) is 0 Å². The first-order valence-electron chi connectivity index (χ1n) is 9.23. The van der Waals surface area contributed by atoms with Crippen LogP contribution in [0, 0.1) is 6.92 Å². The van der Waals surface area contributed by atoms with Crippen LogP contribution in [-0.4, -0.2) is 50.0 Å².